The van der Waals surface area contributed by atoms with Crippen LogP contribution in [0.1, 0.15) is 5.56 Å². The summed E-state index contributed by atoms with van der Waals surface area (Å²) in [5.41, 5.74) is 8.81. The molecular formula is C23H23N5O2S. The monoisotopic (exact) mass is 433 g/mol. The first-order valence-electron chi connectivity index (χ1n) is 9.74. The zero-order valence-electron chi connectivity index (χ0n) is 17.3. The van der Waals surface area contributed by atoms with Gasteiger partial charge in [-0.1, -0.05) is 30.3 Å². The minimum absolute atomic E-state index is 0.279. The van der Waals surface area contributed by atoms with Gasteiger partial charge in [-0.25, -0.2) is 13.4 Å². The summed E-state index contributed by atoms with van der Waals surface area (Å²) in [5.74, 6) is 0.900. The molecule has 0 fully saturated rings. The first-order valence-corrected chi connectivity index (χ1v) is 11.2. The Morgan fingerprint density at radius 1 is 0.935 bits per heavy atom. The maximum absolute atomic E-state index is 12.8. The van der Waals surface area contributed by atoms with Crippen LogP contribution in [-0.4, -0.2) is 32.5 Å². The van der Waals surface area contributed by atoms with Crippen LogP contribution in [0.15, 0.2) is 82.6 Å². The van der Waals surface area contributed by atoms with Crippen LogP contribution in [0.5, 0.6) is 0 Å². The van der Waals surface area contributed by atoms with E-state index < -0.39 is 9.84 Å². The van der Waals surface area contributed by atoms with Crippen LogP contribution < -0.4 is 16.0 Å². The molecule has 158 valence electrons. The van der Waals surface area contributed by atoms with Gasteiger partial charge in [0.15, 0.2) is 0 Å². The van der Waals surface area contributed by atoms with Crippen LogP contribution in [0.2, 0.25) is 0 Å². The van der Waals surface area contributed by atoms with Crippen LogP contribution in [-0.2, 0) is 16.4 Å². The van der Waals surface area contributed by atoms with Crippen molar-refractivity contribution in [1.29, 1.82) is 0 Å². The maximum Gasteiger partial charge on any atom is 0.224 e. The predicted octanol–water partition coefficient (Wildman–Crippen LogP) is 3.72. The van der Waals surface area contributed by atoms with Gasteiger partial charge in [-0.15, -0.1) is 0 Å². The van der Waals surface area contributed by atoms with E-state index in [0.29, 0.717) is 18.3 Å². The van der Waals surface area contributed by atoms with E-state index in [1.807, 2.05) is 37.4 Å². The molecule has 0 unspecified atom stereocenters. The van der Waals surface area contributed by atoms with Gasteiger partial charge in [0.05, 0.1) is 15.3 Å². The van der Waals surface area contributed by atoms with Gasteiger partial charge in [-0.05, 0) is 48.0 Å². The highest BCUT2D eigenvalue weighted by molar-refractivity contribution is 7.91. The molecule has 4 rings (SSSR count). The average molecular weight is 434 g/mol. The summed E-state index contributed by atoms with van der Waals surface area (Å²) >= 11 is 0. The number of nitrogens with two attached hydrogens (primary N) is 1. The normalized spacial score (nSPS) is 11.4. The number of sulfone groups is 1. The van der Waals surface area contributed by atoms with Gasteiger partial charge < -0.3 is 16.0 Å². The molecule has 3 aromatic carbocycles. The average Bonchev–Trinajstić information content (AvgIpc) is 2.79. The Morgan fingerprint density at radius 3 is 2.29 bits per heavy atom. The summed E-state index contributed by atoms with van der Waals surface area (Å²) in [5, 5.41) is 3.68. The minimum atomic E-state index is -3.52. The van der Waals surface area contributed by atoms with Crippen LogP contribution >= 0.6 is 0 Å². The van der Waals surface area contributed by atoms with Crippen molar-refractivity contribution >= 4 is 38.2 Å². The Kier molecular flexibility index (Phi) is 5.48. The molecule has 0 saturated carbocycles. The van der Waals surface area contributed by atoms with Gasteiger partial charge in [0.25, 0.3) is 0 Å². The molecule has 0 aliphatic carbocycles. The van der Waals surface area contributed by atoms with Crippen molar-refractivity contribution in [3.05, 3.63) is 78.4 Å². The number of nitrogen functional groups attached to an aromatic ring is 1. The lowest BCUT2D eigenvalue weighted by Crippen LogP contribution is -2.16. The molecule has 3 N–H and O–H groups in total. The molecule has 8 heteroatoms. The van der Waals surface area contributed by atoms with Crippen molar-refractivity contribution < 1.29 is 8.42 Å². The molecule has 0 spiro atoms. The lowest BCUT2D eigenvalue weighted by Gasteiger charge is -2.20. The first kappa shape index (κ1) is 20.6. The molecule has 0 saturated heterocycles. The third kappa shape index (κ3) is 4.15. The summed E-state index contributed by atoms with van der Waals surface area (Å²) in [6.07, 6.45) is 0. The number of aromatic nitrogens is 2. The molecule has 1 heterocycles. The molecule has 7 nitrogen and oxygen atoms in total. The fraction of sp³-hybridized carbons (Fsp3) is 0.130. The number of anilines is 3. The van der Waals surface area contributed by atoms with Gasteiger partial charge in [0.2, 0.25) is 15.8 Å². The van der Waals surface area contributed by atoms with Crippen LogP contribution in [0, 0.1) is 0 Å². The Balaban J connectivity index is 1.55. The number of benzene rings is 3. The number of hydrogen-bond donors (Lipinski definition) is 2. The summed E-state index contributed by atoms with van der Waals surface area (Å²) in [7, 11) is 0.198. The number of fused-ring (bicyclic) bond motifs is 1. The number of hydrogen-bond acceptors (Lipinski definition) is 7. The van der Waals surface area contributed by atoms with E-state index >= 15 is 0 Å². The maximum atomic E-state index is 12.8. The second kappa shape index (κ2) is 8.23. The van der Waals surface area contributed by atoms with E-state index in [1.54, 1.807) is 49.5 Å². The largest absolute Gasteiger partial charge is 0.383 e. The molecule has 0 aliphatic heterocycles. The van der Waals surface area contributed by atoms with Crippen molar-refractivity contribution in [1.82, 2.24) is 9.97 Å². The highest BCUT2D eigenvalue weighted by Crippen LogP contribution is 2.26. The van der Waals surface area contributed by atoms with Crippen molar-refractivity contribution in [2.45, 2.75) is 16.3 Å². The quantitative estimate of drug-likeness (QED) is 0.478. The van der Waals surface area contributed by atoms with Crippen molar-refractivity contribution in [2.75, 3.05) is 30.0 Å². The molecule has 0 amide bonds. The van der Waals surface area contributed by atoms with Crippen molar-refractivity contribution in [3.8, 4) is 0 Å². The van der Waals surface area contributed by atoms with Gasteiger partial charge in [-0.2, -0.15) is 4.98 Å². The van der Waals surface area contributed by atoms with E-state index in [-0.39, 0.29) is 9.79 Å². The lowest BCUT2D eigenvalue weighted by atomic mass is 10.1. The fourth-order valence-electron chi connectivity index (χ4n) is 3.36. The third-order valence-electron chi connectivity index (χ3n) is 5.08. The second-order valence-electron chi connectivity index (χ2n) is 7.20. The molecule has 0 bridgehead atoms. The molecule has 0 atom stereocenters. The second-order valence-corrected chi connectivity index (χ2v) is 9.15. The van der Waals surface area contributed by atoms with Gasteiger partial charge >= 0.3 is 0 Å². The molecule has 0 aliphatic rings. The Labute approximate surface area is 181 Å². The zero-order valence-corrected chi connectivity index (χ0v) is 18.1. The molecule has 0 radical (unpaired) electrons. The number of nitrogens with one attached hydrogen (secondary N) is 1. The smallest absolute Gasteiger partial charge is 0.224 e. The summed E-state index contributed by atoms with van der Waals surface area (Å²) in [6.45, 7) is 0.604. The fourth-order valence-corrected chi connectivity index (χ4v) is 4.65. The summed E-state index contributed by atoms with van der Waals surface area (Å²) in [6, 6.07) is 21.3. The predicted molar refractivity (Wildman–Crippen MR) is 124 cm³/mol. The molecular weight excluding hydrogens is 410 g/mol. The van der Waals surface area contributed by atoms with Crippen LogP contribution in [0.3, 0.4) is 0 Å². The SMILES string of the molecule is CNc1nc(N)c2cc(N(C)Cc3ccc(S(=O)(=O)c4ccccc4)cc3)ccc2n1. The van der Waals surface area contributed by atoms with E-state index in [1.165, 1.54) is 0 Å². The topological polar surface area (TPSA) is 101 Å². The van der Waals surface area contributed by atoms with Gasteiger partial charge in [0, 0.05) is 31.7 Å². The van der Waals surface area contributed by atoms with Gasteiger partial charge in [0.1, 0.15) is 5.82 Å². The van der Waals surface area contributed by atoms with E-state index in [9.17, 15) is 8.42 Å². The van der Waals surface area contributed by atoms with Crippen LogP contribution in [0.4, 0.5) is 17.5 Å². The number of nitrogens with zero attached hydrogens (tertiary/aromatic N) is 3. The molecule has 4 aromatic rings. The van der Waals surface area contributed by atoms with Gasteiger partial charge in [-0.3, -0.25) is 0 Å². The Morgan fingerprint density at radius 2 is 1.61 bits per heavy atom. The molecule has 31 heavy (non-hydrogen) atoms. The summed E-state index contributed by atoms with van der Waals surface area (Å²) < 4.78 is 25.5. The number of rotatable bonds is 6. The standard InChI is InChI=1S/C23H23N5O2S/c1-25-23-26-21-13-10-17(14-20(21)22(24)27-23)28(2)15-16-8-11-19(12-9-16)31(29,30)18-6-4-3-5-7-18/h3-14H,15H2,1-2H3,(H3,24,25,26,27). The van der Waals surface area contributed by atoms with E-state index in [4.69, 9.17) is 5.73 Å². The zero-order chi connectivity index (χ0) is 22.0. The minimum Gasteiger partial charge on any atom is -0.383 e. The van der Waals surface area contributed by atoms with E-state index in [0.717, 1.165) is 22.2 Å². The molecule has 1 aromatic heterocycles. The van der Waals surface area contributed by atoms with Crippen LogP contribution in [0.25, 0.3) is 10.9 Å². The summed E-state index contributed by atoms with van der Waals surface area (Å²) in [4.78, 5) is 11.3. The third-order valence-corrected chi connectivity index (χ3v) is 6.87. The highest BCUT2D eigenvalue weighted by atomic mass is 32.2. The first-order chi connectivity index (χ1) is 14.9. The Bertz CT molecular complexity index is 1320. The highest BCUT2D eigenvalue weighted by Gasteiger charge is 2.17. The van der Waals surface area contributed by atoms with Crippen molar-refractivity contribution in [3.63, 3.8) is 0 Å². The Hall–Kier alpha value is -3.65. The van der Waals surface area contributed by atoms with E-state index in [2.05, 4.69) is 20.2 Å². The van der Waals surface area contributed by atoms with Crippen molar-refractivity contribution in [2.24, 2.45) is 0 Å². The lowest BCUT2D eigenvalue weighted by molar-refractivity contribution is 0.596.